The minimum Gasteiger partial charge on any atom is -0.490 e. The molecule has 150 valence electrons. The third kappa shape index (κ3) is 2.83. The van der Waals surface area contributed by atoms with Crippen molar-refractivity contribution in [2.24, 2.45) is 5.92 Å². The predicted octanol–water partition coefficient (Wildman–Crippen LogP) is 4.23. The molecule has 8 heteroatoms. The van der Waals surface area contributed by atoms with Gasteiger partial charge in [0.25, 0.3) is 0 Å². The van der Waals surface area contributed by atoms with Crippen LogP contribution < -0.4 is 4.74 Å². The smallest absolute Gasteiger partial charge is 0.188 e. The monoisotopic (exact) mass is 428 g/mol. The van der Waals surface area contributed by atoms with Gasteiger partial charge < -0.3 is 9.84 Å². The van der Waals surface area contributed by atoms with E-state index in [9.17, 15) is 17.9 Å². The fraction of sp³-hybridized carbons (Fsp3) is 0.400. The van der Waals surface area contributed by atoms with Crippen LogP contribution in [0.3, 0.4) is 0 Å². The average molecular weight is 429 g/mol. The van der Waals surface area contributed by atoms with Gasteiger partial charge in [-0.2, -0.15) is 0 Å². The molecule has 0 radical (unpaired) electrons. The van der Waals surface area contributed by atoms with Crippen molar-refractivity contribution >= 4 is 21.4 Å². The molecule has 0 bridgehead atoms. The third-order valence-corrected chi connectivity index (χ3v) is 8.66. The van der Waals surface area contributed by atoms with Gasteiger partial charge in [-0.3, -0.25) is 0 Å². The summed E-state index contributed by atoms with van der Waals surface area (Å²) in [7, 11) is -4.16. The summed E-state index contributed by atoms with van der Waals surface area (Å²) in [6.07, 6.45) is 0.216. The number of aliphatic hydroxyl groups is 1. The first kappa shape index (κ1) is 19.6. The van der Waals surface area contributed by atoms with Gasteiger partial charge in [-0.1, -0.05) is 11.6 Å². The molecule has 1 fully saturated rings. The number of fused-ring (bicyclic) bond motifs is 3. The highest BCUT2D eigenvalue weighted by molar-refractivity contribution is 7.92. The molecule has 0 spiro atoms. The Hall–Kier alpha value is -1.70. The van der Waals surface area contributed by atoms with Crippen molar-refractivity contribution in [3.8, 4) is 5.75 Å². The fourth-order valence-corrected chi connectivity index (χ4v) is 7.05. The first-order chi connectivity index (χ1) is 13.3. The molecule has 1 heterocycles. The van der Waals surface area contributed by atoms with E-state index in [1.807, 2.05) is 0 Å². The van der Waals surface area contributed by atoms with Gasteiger partial charge in [-0.05, 0) is 62.1 Å². The number of sulfone groups is 1. The topological polar surface area (TPSA) is 63.6 Å². The number of aliphatic hydroxyl groups excluding tert-OH is 1. The van der Waals surface area contributed by atoms with Gasteiger partial charge in [-0.25, -0.2) is 17.2 Å². The summed E-state index contributed by atoms with van der Waals surface area (Å²) in [6.45, 7) is -0.114. The SMILES string of the molecule is O=S(=O)(c1ccc(Cl)cc1)[C@]12CCC[C@@H](O)C[C@H]1COc1c(F)ccc(F)c12. The Morgan fingerprint density at radius 2 is 1.79 bits per heavy atom. The van der Waals surface area contributed by atoms with Crippen molar-refractivity contribution in [2.45, 2.75) is 41.4 Å². The first-order valence-electron chi connectivity index (χ1n) is 9.07. The molecule has 3 atom stereocenters. The van der Waals surface area contributed by atoms with E-state index in [1.165, 1.54) is 24.3 Å². The summed E-state index contributed by atoms with van der Waals surface area (Å²) in [4.78, 5) is -0.0187. The predicted molar refractivity (Wildman–Crippen MR) is 100 cm³/mol. The maximum atomic E-state index is 15.0. The molecule has 0 unspecified atom stereocenters. The van der Waals surface area contributed by atoms with Gasteiger partial charge >= 0.3 is 0 Å². The van der Waals surface area contributed by atoms with Gasteiger partial charge in [0.05, 0.1) is 23.2 Å². The Balaban J connectivity index is 2.03. The zero-order valence-corrected chi connectivity index (χ0v) is 16.4. The lowest BCUT2D eigenvalue weighted by molar-refractivity contribution is 0.0975. The van der Waals surface area contributed by atoms with Gasteiger partial charge in [0.1, 0.15) is 10.6 Å². The highest BCUT2D eigenvalue weighted by atomic mass is 35.5. The number of benzene rings is 2. The van der Waals surface area contributed by atoms with E-state index < -0.39 is 38.2 Å². The lowest BCUT2D eigenvalue weighted by Crippen LogP contribution is -2.49. The molecular weight excluding hydrogens is 410 g/mol. The molecular formula is C20H19ClF2O4S. The normalized spacial score (nSPS) is 27.3. The van der Waals surface area contributed by atoms with E-state index in [0.29, 0.717) is 17.9 Å². The average Bonchev–Trinajstić information content (AvgIpc) is 2.83. The molecule has 0 aromatic heterocycles. The molecule has 2 aromatic carbocycles. The maximum Gasteiger partial charge on any atom is 0.188 e. The van der Waals surface area contributed by atoms with Gasteiger partial charge in [0, 0.05) is 10.9 Å². The summed E-state index contributed by atoms with van der Waals surface area (Å²) in [5.41, 5.74) is -0.271. The molecule has 1 N–H and O–H groups in total. The third-order valence-electron chi connectivity index (χ3n) is 5.82. The Labute approximate surface area is 167 Å². The molecule has 1 aliphatic heterocycles. The number of hydrogen-bond acceptors (Lipinski definition) is 4. The van der Waals surface area contributed by atoms with Crippen molar-refractivity contribution in [1.82, 2.24) is 0 Å². The van der Waals surface area contributed by atoms with Gasteiger partial charge in [0.15, 0.2) is 21.4 Å². The quantitative estimate of drug-likeness (QED) is 0.777. The highest BCUT2D eigenvalue weighted by Crippen LogP contribution is 2.55. The van der Waals surface area contributed by atoms with Crippen LogP contribution in [0.5, 0.6) is 5.75 Å². The van der Waals surface area contributed by atoms with E-state index in [4.69, 9.17) is 16.3 Å². The van der Waals surface area contributed by atoms with E-state index >= 15 is 4.39 Å². The summed E-state index contributed by atoms with van der Waals surface area (Å²) in [5.74, 6) is -2.69. The first-order valence-corrected chi connectivity index (χ1v) is 10.9. The Morgan fingerprint density at radius 1 is 1.11 bits per heavy atom. The summed E-state index contributed by atoms with van der Waals surface area (Å²) >= 11 is 5.90. The van der Waals surface area contributed by atoms with Crippen LogP contribution in [0.1, 0.15) is 31.2 Å². The van der Waals surface area contributed by atoms with Crippen LogP contribution >= 0.6 is 11.6 Å². The summed E-state index contributed by atoms with van der Waals surface area (Å²) in [5, 5.41) is 10.6. The highest BCUT2D eigenvalue weighted by Gasteiger charge is 2.58. The Kier molecular flexibility index (Phi) is 4.88. The number of hydrogen-bond donors (Lipinski definition) is 1. The van der Waals surface area contributed by atoms with Crippen LogP contribution in [0.25, 0.3) is 0 Å². The molecule has 4 nitrogen and oxygen atoms in total. The van der Waals surface area contributed by atoms with Crippen LogP contribution in [-0.4, -0.2) is 26.2 Å². The van der Waals surface area contributed by atoms with Gasteiger partial charge in [-0.15, -0.1) is 0 Å². The minimum atomic E-state index is -4.16. The molecule has 2 aliphatic rings. The standard InChI is InChI=1S/C20H19ClF2O4S/c21-13-3-5-15(6-4-13)28(25,26)20-9-1-2-14(24)10-12(20)11-27-19-17(23)8-7-16(22)18(19)20/h3-8,12,14,24H,1-2,9-11H2/t12-,14+,20+/m0/s1. The van der Waals surface area contributed by atoms with E-state index in [2.05, 4.69) is 0 Å². The lowest BCUT2D eigenvalue weighted by atomic mass is 9.79. The zero-order valence-electron chi connectivity index (χ0n) is 14.9. The van der Waals surface area contributed by atoms with Crippen molar-refractivity contribution in [1.29, 1.82) is 0 Å². The van der Waals surface area contributed by atoms with Crippen LogP contribution in [0.4, 0.5) is 8.78 Å². The summed E-state index contributed by atoms with van der Waals surface area (Å²) < 4.78 is 61.0. The molecule has 4 rings (SSSR count). The second-order valence-electron chi connectivity index (χ2n) is 7.37. The maximum absolute atomic E-state index is 15.0. The van der Waals surface area contributed by atoms with Gasteiger partial charge in [0.2, 0.25) is 0 Å². The molecule has 2 aromatic rings. The second-order valence-corrected chi connectivity index (χ2v) is 10.0. The Morgan fingerprint density at radius 3 is 2.50 bits per heavy atom. The van der Waals surface area contributed by atoms with Crippen LogP contribution in [-0.2, 0) is 14.6 Å². The van der Waals surface area contributed by atoms with E-state index in [1.54, 1.807) is 0 Å². The number of ether oxygens (including phenoxy) is 1. The number of rotatable bonds is 2. The number of halogens is 3. The minimum absolute atomic E-state index is 0.0187. The van der Waals surface area contributed by atoms with Crippen molar-refractivity contribution in [2.75, 3.05) is 6.61 Å². The van der Waals surface area contributed by atoms with E-state index in [0.717, 1.165) is 12.1 Å². The fourth-order valence-electron chi connectivity index (χ4n) is 4.54. The largest absolute Gasteiger partial charge is 0.490 e. The second kappa shape index (κ2) is 6.97. The molecule has 0 amide bonds. The van der Waals surface area contributed by atoms with Crippen LogP contribution in [0, 0.1) is 17.6 Å². The van der Waals surface area contributed by atoms with Crippen molar-refractivity contribution in [3.63, 3.8) is 0 Å². The van der Waals surface area contributed by atoms with Crippen molar-refractivity contribution < 1.29 is 27.0 Å². The molecule has 1 saturated carbocycles. The Bertz CT molecular complexity index is 1010. The van der Waals surface area contributed by atoms with Crippen LogP contribution in [0.2, 0.25) is 5.02 Å². The molecule has 0 saturated heterocycles. The lowest BCUT2D eigenvalue weighted by Gasteiger charge is -2.44. The summed E-state index contributed by atoms with van der Waals surface area (Å²) in [6, 6.07) is 7.51. The van der Waals surface area contributed by atoms with Crippen molar-refractivity contribution in [3.05, 3.63) is 58.6 Å². The molecule has 28 heavy (non-hydrogen) atoms. The zero-order chi connectivity index (χ0) is 20.1. The van der Waals surface area contributed by atoms with Crippen LogP contribution in [0.15, 0.2) is 41.3 Å². The molecule has 1 aliphatic carbocycles. The van der Waals surface area contributed by atoms with E-state index in [-0.39, 0.29) is 35.7 Å².